The Hall–Kier alpha value is -4.19. The number of amidine groups is 1. The molecular weight excluding hydrogens is 408 g/mol. The topological polar surface area (TPSA) is 74.9 Å². The third-order valence-corrected chi connectivity index (χ3v) is 4.96. The Morgan fingerprint density at radius 1 is 0.758 bits per heavy atom. The van der Waals surface area contributed by atoms with E-state index in [1.54, 1.807) is 0 Å². The summed E-state index contributed by atoms with van der Waals surface area (Å²) < 4.78 is 0. The lowest BCUT2D eigenvalue weighted by molar-refractivity contribution is 0.856. The summed E-state index contributed by atoms with van der Waals surface area (Å²) in [6.45, 7) is 6.09. The van der Waals surface area contributed by atoms with Crippen molar-refractivity contribution in [2.75, 3.05) is 5.43 Å². The molecule has 0 saturated carbocycles. The van der Waals surface area contributed by atoms with Gasteiger partial charge in [-0.3, -0.25) is 5.43 Å². The summed E-state index contributed by atoms with van der Waals surface area (Å²) in [5.41, 5.74) is 8.71. The molecule has 0 atom stereocenters. The van der Waals surface area contributed by atoms with Gasteiger partial charge in [-0.25, -0.2) is 9.97 Å². The van der Waals surface area contributed by atoms with Gasteiger partial charge in [0.25, 0.3) is 5.95 Å². The van der Waals surface area contributed by atoms with E-state index in [2.05, 4.69) is 30.7 Å². The molecular formula is C27H26N6. The molecule has 0 aliphatic carbocycles. The van der Waals surface area contributed by atoms with Gasteiger partial charge in [0.15, 0.2) is 5.84 Å². The molecule has 0 amide bonds. The van der Waals surface area contributed by atoms with Crippen LogP contribution in [-0.2, 0) is 0 Å². The van der Waals surface area contributed by atoms with Crippen LogP contribution in [0.25, 0.3) is 22.5 Å². The van der Waals surface area contributed by atoms with Crippen LogP contribution in [0.1, 0.15) is 19.4 Å². The third-order valence-electron chi connectivity index (χ3n) is 4.96. The highest BCUT2D eigenvalue weighted by Crippen LogP contribution is 2.26. The Labute approximate surface area is 194 Å². The lowest BCUT2D eigenvalue weighted by atomic mass is 10.1. The lowest BCUT2D eigenvalue weighted by Crippen LogP contribution is -2.06. The highest BCUT2D eigenvalue weighted by molar-refractivity contribution is 5.85. The van der Waals surface area contributed by atoms with Crippen molar-refractivity contribution >= 4 is 17.5 Å². The minimum absolute atomic E-state index is 0.0672. The lowest BCUT2D eigenvalue weighted by Gasteiger charge is -2.07. The van der Waals surface area contributed by atoms with E-state index < -0.39 is 0 Å². The molecule has 0 bridgehead atoms. The molecule has 0 fully saturated rings. The average molecular weight is 435 g/mol. The van der Waals surface area contributed by atoms with Crippen LogP contribution in [-0.4, -0.2) is 15.8 Å². The van der Waals surface area contributed by atoms with Crippen LogP contribution < -0.4 is 5.43 Å². The predicted octanol–water partition coefficient (Wildman–Crippen LogP) is 7.28. The summed E-state index contributed by atoms with van der Waals surface area (Å²) in [5, 5.41) is 13.2. The first-order chi connectivity index (χ1) is 16.1. The Morgan fingerprint density at radius 2 is 1.30 bits per heavy atom. The number of azo groups is 1. The van der Waals surface area contributed by atoms with E-state index in [0.29, 0.717) is 11.8 Å². The van der Waals surface area contributed by atoms with E-state index in [0.717, 1.165) is 28.2 Å². The van der Waals surface area contributed by atoms with Gasteiger partial charge in [0.05, 0.1) is 17.1 Å². The SMILES string of the molecule is Cc1ccc(N/N=C(\N=Nc2nc(-c3ccccc3)cc(-c3ccccc3)n2)C(C)C)cc1. The van der Waals surface area contributed by atoms with Gasteiger partial charge in [-0.2, -0.15) is 5.10 Å². The van der Waals surface area contributed by atoms with Gasteiger partial charge < -0.3 is 0 Å². The average Bonchev–Trinajstić information content (AvgIpc) is 2.86. The largest absolute Gasteiger partial charge is 0.277 e. The van der Waals surface area contributed by atoms with E-state index >= 15 is 0 Å². The number of aryl methyl sites for hydroxylation is 1. The zero-order valence-electron chi connectivity index (χ0n) is 19.0. The molecule has 0 radical (unpaired) electrons. The molecule has 3 aromatic carbocycles. The van der Waals surface area contributed by atoms with Gasteiger partial charge in [0.1, 0.15) is 0 Å². The monoisotopic (exact) mass is 434 g/mol. The molecule has 6 heteroatoms. The summed E-state index contributed by atoms with van der Waals surface area (Å²) >= 11 is 0. The molecule has 164 valence electrons. The smallest absolute Gasteiger partial charge is 0.270 e. The summed E-state index contributed by atoms with van der Waals surface area (Å²) in [7, 11) is 0. The van der Waals surface area contributed by atoms with E-state index in [4.69, 9.17) is 0 Å². The van der Waals surface area contributed by atoms with Crippen LogP contribution in [0.15, 0.2) is 106 Å². The van der Waals surface area contributed by atoms with Crippen molar-refractivity contribution in [3.05, 3.63) is 96.6 Å². The van der Waals surface area contributed by atoms with Gasteiger partial charge in [-0.15, -0.1) is 10.2 Å². The zero-order valence-corrected chi connectivity index (χ0v) is 19.0. The van der Waals surface area contributed by atoms with Crippen molar-refractivity contribution in [2.45, 2.75) is 20.8 Å². The van der Waals surface area contributed by atoms with Crippen molar-refractivity contribution < 1.29 is 0 Å². The molecule has 6 nitrogen and oxygen atoms in total. The Bertz CT molecular complexity index is 1190. The fraction of sp³-hybridized carbons (Fsp3) is 0.148. The second-order valence-electron chi connectivity index (χ2n) is 7.97. The van der Waals surface area contributed by atoms with Crippen LogP contribution in [0.4, 0.5) is 11.6 Å². The number of aromatic nitrogens is 2. The fourth-order valence-corrected chi connectivity index (χ4v) is 3.11. The molecule has 1 aromatic heterocycles. The maximum atomic E-state index is 4.64. The second-order valence-corrected chi connectivity index (χ2v) is 7.97. The molecule has 0 saturated heterocycles. The number of rotatable bonds is 6. The zero-order chi connectivity index (χ0) is 23.0. The Morgan fingerprint density at radius 3 is 1.82 bits per heavy atom. The Balaban J connectivity index is 1.67. The van der Waals surface area contributed by atoms with Gasteiger partial charge in [0.2, 0.25) is 0 Å². The Kier molecular flexibility index (Phi) is 6.95. The number of hydrogen-bond acceptors (Lipinski definition) is 5. The first-order valence-electron chi connectivity index (χ1n) is 10.9. The molecule has 0 spiro atoms. The van der Waals surface area contributed by atoms with E-state index in [-0.39, 0.29) is 5.92 Å². The molecule has 1 N–H and O–H groups in total. The number of anilines is 1. The maximum Gasteiger partial charge on any atom is 0.270 e. The fourth-order valence-electron chi connectivity index (χ4n) is 3.11. The van der Waals surface area contributed by atoms with Crippen molar-refractivity contribution in [3.8, 4) is 22.5 Å². The van der Waals surface area contributed by atoms with Gasteiger partial charge in [-0.1, -0.05) is 92.2 Å². The minimum Gasteiger partial charge on any atom is -0.277 e. The van der Waals surface area contributed by atoms with Crippen molar-refractivity contribution in [1.82, 2.24) is 9.97 Å². The minimum atomic E-state index is 0.0672. The number of nitrogens with zero attached hydrogens (tertiary/aromatic N) is 5. The summed E-state index contributed by atoms with van der Waals surface area (Å²) in [4.78, 5) is 9.28. The standard InChI is InChI=1S/C27H26N6/c1-19(2)26(31-30-23-16-14-20(3)15-17-23)32-33-27-28-24(21-10-6-4-7-11-21)18-25(29-27)22-12-8-5-9-13-22/h4-19,30H,1-3H3/b31-26-,33-32?. The molecule has 0 aliphatic rings. The second kappa shape index (κ2) is 10.4. The molecule has 0 unspecified atom stereocenters. The van der Waals surface area contributed by atoms with Crippen LogP contribution in [0.3, 0.4) is 0 Å². The normalized spacial score (nSPS) is 11.8. The van der Waals surface area contributed by atoms with Crippen molar-refractivity contribution in [2.24, 2.45) is 21.2 Å². The van der Waals surface area contributed by atoms with Crippen LogP contribution >= 0.6 is 0 Å². The number of benzene rings is 3. The molecule has 4 aromatic rings. The number of nitrogens with one attached hydrogen (secondary N) is 1. The third kappa shape index (κ3) is 5.95. The summed E-state index contributed by atoms with van der Waals surface area (Å²) in [6.07, 6.45) is 0. The molecule has 4 rings (SSSR count). The number of hydrogen-bond donors (Lipinski definition) is 1. The number of hydrazone groups is 1. The van der Waals surface area contributed by atoms with Crippen LogP contribution in [0, 0.1) is 12.8 Å². The van der Waals surface area contributed by atoms with Crippen molar-refractivity contribution in [3.63, 3.8) is 0 Å². The molecule has 33 heavy (non-hydrogen) atoms. The van der Waals surface area contributed by atoms with E-state index in [1.807, 2.05) is 112 Å². The molecule has 1 heterocycles. The first-order valence-corrected chi connectivity index (χ1v) is 10.9. The summed E-state index contributed by atoms with van der Waals surface area (Å²) in [5.74, 6) is 0.919. The first kappa shape index (κ1) is 22.0. The maximum absolute atomic E-state index is 4.64. The van der Waals surface area contributed by atoms with Crippen molar-refractivity contribution in [1.29, 1.82) is 0 Å². The van der Waals surface area contributed by atoms with Gasteiger partial charge in [-0.05, 0) is 25.1 Å². The summed E-state index contributed by atoms with van der Waals surface area (Å²) in [6, 6.07) is 30.0. The van der Waals surface area contributed by atoms with E-state index in [1.165, 1.54) is 5.56 Å². The highest BCUT2D eigenvalue weighted by atomic mass is 15.3. The predicted molar refractivity (Wildman–Crippen MR) is 134 cm³/mol. The molecule has 0 aliphatic heterocycles. The van der Waals surface area contributed by atoms with E-state index in [9.17, 15) is 0 Å². The van der Waals surface area contributed by atoms with Gasteiger partial charge in [0, 0.05) is 17.0 Å². The van der Waals surface area contributed by atoms with Crippen LogP contribution in [0.2, 0.25) is 0 Å². The quantitative estimate of drug-likeness (QED) is 0.150. The van der Waals surface area contributed by atoms with Gasteiger partial charge >= 0.3 is 0 Å². The van der Waals surface area contributed by atoms with Crippen LogP contribution in [0.5, 0.6) is 0 Å². The highest BCUT2D eigenvalue weighted by Gasteiger charge is 2.10.